The maximum absolute atomic E-state index is 13.3. The monoisotopic (exact) mass is 337 g/mol. The average Bonchev–Trinajstić information content (AvgIpc) is 2.92. The van der Waals surface area contributed by atoms with E-state index >= 15 is 0 Å². The minimum Gasteiger partial charge on any atom is -0.384 e. The molecule has 0 fully saturated rings. The van der Waals surface area contributed by atoms with Crippen molar-refractivity contribution in [2.75, 3.05) is 7.05 Å². The summed E-state index contributed by atoms with van der Waals surface area (Å²) < 4.78 is 40.0. The third-order valence-corrected chi connectivity index (χ3v) is 3.79. The Morgan fingerprint density at radius 2 is 2.00 bits per heavy atom. The van der Waals surface area contributed by atoms with Gasteiger partial charge in [-0.2, -0.15) is 13.2 Å². The van der Waals surface area contributed by atoms with Crippen LogP contribution in [0.3, 0.4) is 0 Å². The molecule has 0 saturated carbocycles. The molecule has 0 aromatic heterocycles. The molecular formula is C16H14F3N3O2. The predicted octanol–water partition coefficient (Wildman–Crippen LogP) is 3.07. The molecule has 1 aromatic carbocycles. The zero-order chi connectivity index (χ0) is 17.5. The lowest BCUT2D eigenvalue weighted by Crippen LogP contribution is -2.27. The van der Waals surface area contributed by atoms with E-state index in [4.69, 9.17) is 4.84 Å². The molecular weight excluding hydrogens is 323 g/mol. The van der Waals surface area contributed by atoms with Crippen LogP contribution in [0.5, 0.6) is 0 Å². The van der Waals surface area contributed by atoms with E-state index in [1.54, 1.807) is 0 Å². The Hall–Kier alpha value is -2.77. The number of hydrogen-bond donors (Lipinski definition) is 1. The van der Waals surface area contributed by atoms with Crippen molar-refractivity contribution in [1.29, 1.82) is 0 Å². The minimum absolute atomic E-state index is 0.0130. The van der Waals surface area contributed by atoms with Crippen molar-refractivity contribution in [3.05, 3.63) is 52.5 Å². The van der Waals surface area contributed by atoms with Gasteiger partial charge in [-0.1, -0.05) is 25.1 Å². The Kier molecular flexibility index (Phi) is 3.82. The van der Waals surface area contributed by atoms with Crippen LogP contribution >= 0.6 is 0 Å². The van der Waals surface area contributed by atoms with Crippen molar-refractivity contribution in [3.63, 3.8) is 0 Å². The third-order valence-electron chi connectivity index (χ3n) is 3.79. The molecule has 0 saturated heterocycles. The van der Waals surface area contributed by atoms with Crippen LogP contribution in [0.15, 0.2) is 46.4 Å². The summed E-state index contributed by atoms with van der Waals surface area (Å²) in [5.41, 5.74) is 2.31. The maximum atomic E-state index is 13.3. The molecule has 5 nitrogen and oxygen atoms in total. The van der Waals surface area contributed by atoms with E-state index in [0.29, 0.717) is 17.9 Å². The smallest absolute Gasteiger partial charge is 0.384 e. The van der Waals surface area contributed by atoms with Gasteiger partial charge in [-0.25, -0.2) is 10.5 Å². The second-order valence-corrected chi connectivity index (χ2v) is 5.25. The summed E-state index contributed by atoms with van der Waals surface area (Å²) in [7, 11) is 1.52. The third kappa shape index (κ3) is 2.53. The largest absolute Gasteiger partial charge is 0.417 e. The highest BCUT2D eigenvalue weighted by atomic mass is 19.4. The highest BCUT2D eigenvalue weighted by Crippen LogP contribution is 2.39. The van der Waals surface area contributed by atoms with Crippen molar-refractivity contribution >= 4 is 17.8 Å². The number of nitrogens with zero attached hydrogens (tertiary/aromatic N) is 2. The second-order valence-electron chi connectivity index (χ2n) is 5.25. The lowest BCUT2D eigenvalue weighted by molar-refractivity contribution is -0.137. The highest BCUT2D eigenvalue weighted by molar-refractivity contribution is 6.28. The van der Waals surface area contributed by atoms with E-state index in [1.807, 2.05) is 6.92 Å². The zero-order valence-corrected chi connectivity index (χ0v) is 12.9. The Labute approximate surface area is 136 Å². The van der Waals surface area contributed by atoms with Crippen molar-refractivity contribution in [2.45, 2.75) is 19.5 Å². The Balaban J connectivity index is 2.28. The van der Waals surface area contributed by atoms with Crippen LogP contribution in [0, 0.1) is 0 Å². The first-order valence-electron chi connectivity index (χ1n) is 7.23. The van der Waals surface area contributed by atoms with Crippen LogP contribution in [0.4, 0.5) is 13.2 Å². The number of hydrogen-bond acceptors (Lipinski definition) is 4. The lowest BCUT2D eigenvalue weighted by Gasteiger charge is -2.16. The molecule has 0 unspecified atom stereocenters. The summed E-state index contributed by atoms with van der Waals surface area (Å²) in [6, 6.07) is 5.10. The number of hydroxylamine groups is 1. The minimum atomic E-state index is -4.54. The number of nitrogens with one attached hydrogen (secondary N) is 1. The van der Waals surface area contributed by atoms with E-state index in [1.165, 1.54) is 30.1 Å². The van der Waals surface area contributed by atoms with E-state index in [-0.39, 0.29) is 17.0 Å². The van der Waals surface area contributed by atoms with Crippen LogP contribution in [0.2, 0.25) is 0 Å². The Morgan fingerprint density at radius 1 is 1.29 bits per heavy atom. The summed E-state index contributed by atoms with van der Waals surface area (Å²) in [4.78, 5) is 22.7. The molecule has 0 bridgehead atoms. The Bertz CT molecular complexity index is 794. The van der Waals surface area contributed by atoms with Gasteiger partial charge < -0.3 is 9.74 Å². The molecule has 2 aliphatic heterocycles. The second kappa shape index (κ2) is 5.70. The van der Waals surface area contributed by atoms with Gasteiger partial charge in [-0.3, -0.25) is 4.79 Å². The van der Waals surface area contributed by atoms with Crippen LogP contribution < -0.4 is 5.48 Å². The van der Waals surface area contributed by atoms with Gasteiger partial charge in [0, 0.05) is 19.0 Å². The molecule has 3 rings (SSSR count). The number of halogens is 3. The number of carbonyl (C=O) groups is 1. The van der Waals surface area contributed by atoms with E-state index in [2.05, 4.69) is 10.5 Å². The first kappa shape index (κ1) is 16.1. The average molecular weight is 337 g/mol. The first-order chi connectivity index (χ1) is 11.3. The molecule has 0 spiro atoms. The number of carbonyl (C=O) groups excluding carboxylic acids is 1. The van der Waals surface area contributed by atoms with Gasteiger partial charge in [0.2, 0.25) is 0 Å². The van der Waals surface area contributed by atoms with Crippen molar-refractivity contribution in [3.8, 4) is 0 Å². The van der Waals surface area contributed by atoms with Crippen LogP contribution in [-0.2, 0) is 15.8 Å². The van der Waals surface area contributed by atoms with Crippen molar-refractivity contribution in [1.82, 2.24) is 10.4 Å². The SMILES string of the molecule is CCC1=C2C(=C(c3ccccc3C(F)(F)F)N=CC(=O)N2C)NO1. The summed E-state index contributed by atoms with van der Waals surface area (Å²) in [6.45, 7) is 1.82. The number of fused-ring (bicyclic) bond motifs is 1. The number of amides is 1. The molecule has 1 aromatic rings. The van der Waals surface area contributed by atoms with E-state index in [0.717, 1.165) is 12.3 Å². The zero-order valence-electron chi connectivity index (χ0n) is 12.9. The predicted molar refractivity (Wildman–Crippen MR) is 81.2 cm³/mol. The molecule has 0 aliphatic carbocycles. The summed E-state index contributed by atoms with van der Waals surface area (Å²) in [5, 5.41) is 0. The molecule has 2 heterocycles. The van der Waals surface area contributed by atoms with E-state index in [9.17, 15) is 18.0 Å². The van der Waals surface area contributed by atoms with Gasteiger partial charge in [0.1, 0.15) is 11.4 Å². The van der Waals surface area contributed by atoms with Gasteiger partial charge >= 0.3 is 6.18 Å². The van der Waals surface area contributed by atoms with Gasteiger partial charge in [-0.15, -0.1) is 0 Å². The number of likely N-dealkylation sites (N-methyl/N-ethyl adjacent to an activating group) is 1. The van der Waals surface area contributed by atoms with Gasteiger partial charge in [0.05, 0.1) is 17.5 Å². The fourth-order valence-electron chi connectivity index (χ4n) is 2.63. The molecule has 126 valence electrons. The first-order valence-corrected chi connectivity index (χ1v) is 7.23. The maximum Gasteiger partial charge on any atom is 0.417 e. The lowest BCUT2D eigenvalue weighted by atomic mass is 10.0. The van der Waals surface area contributed by atoms with Crippen molar-refractivity contribution < 1.29 is 22.8 Å². The van der Waals surface area contributed by atoms with Gasteiger partial charge in [0.25, 0.3) is 5.91 Å². The normalized spacial score (nSPS) is 17.7. The fourth-order valence-corrected chi connectivity index (χ4v) is 2.63. The van der Waals surface area contributed by atoms with Crippen LogP contribution in [-0.4, -0.2) is 24.1 Å². The fraction of sp³-hybridized carbons (Fsp3) is 0.250. The number of aliphatic imine (C=N–C) groups is 1. The van der Waals surface area contributed by atoms with E-state index < -0.39 is 17.6 Å². The van der Waals surface area contributed by atoms with Crippen LogP contribution in [0.25, 0.3) is 5.70 Å². The molecule has 24 heavy (non-hydrogen) atoms. The highest BCUT2D eigenvalue weighted by Gasteiger charge is 2.37. The van der Waals surface area contributed by atoms with Gasteiger partial charge in [0.15, 0.2) is 5.76 Å². The molecule has 2 aliphatic rings. The van der Waals surface area contributed by atoms with Crippen molar-refractivity contribution in [2.24, 2.45) is 4.99 Å². The van der Waals surface area contributed by atoms with Gasteiger partial charge in [-0.05, 0) is 6.07 Å². The number of rotatable bonds is 2. The summed E-state index contributed by atoms with van der Waals surface area (Å²) in [5.74, 6) is 0.0218. The summed E-state index contributed by atoms with van der Waals surface area (Å²) >= 11 is 0. The molecule has 8 heteroatoms. The molecule has 0 atom stereocenters. The molecule has 0 radical (unpaired) electrons. The molecule has 1 N–H and O–H groups in total. The standard InChI is InChI=1S/C16H14F3N3O2/c1-3-11-15-14(21-24-11)13(20-8-12(23)22(15)2)9-6-4-5-7-10(9)16(17,18)19/h4-8,21H,3H2,1-2H3. The number of alkyl halides is 3. The number of benzene rings is 1. The summed E-state index contributed by atoms with van der Waals surface area (Å²) in [6.07, 6.45) is -3.06. The number of allylic oxidation sites excluding steroid dienone is 1. The Morgan fingerprint density at radius 3 is 2.67 bits per heavy atom. The quantitative estimate of drug-likeness (QED) is 0.902. The van der Waals surface area contributed by atoms with Crippen LogP contribution in [0.1, 0.15) is 24.5 Å². The topological polar surface area (TPSA) is 53.9 Å². The molecule has 1 amide bonds.